The zero-order valence-electron chi connectivity index (χ0n) is 28.5. The summed E-state index contributed by atoms with van der Waals surface area (Å²) >= 11 is 0. The van der Waals surface area contributed by atoms with Crippen LogP contribution in [0.15, 0.2) is 47.0 Å². The third-order valence-corrected chi connectivity index (χ3v) is 10.4. The van der Waals surface area contributed by atoms with Crippen molar-refractivity contribution in [2.24, 2.45) is 0 Å². The molecule has 0 bridgehead atoms. The van der Waals surface area contributed by atoms with Gasteiger partial charge in [0.25, 0.3) is 0 Å². The van der Waals surface area contributed by atoms with Crippen LogP contribution in [0.25, 0.3) is 22.2 Å². The summed E-state index contributed by atoms with van der Waals surface area (Å²) in [5, 5.41) is 0.907. The number of aromatic nitrogens is 2. The van der Waals surface area contributed by atoms with Crippen LogP contribution in [-0.4, -0.2) is 46.2 Å². The van der Waals surface area contributed by atoms with Crippen molar-refractivity contribution in [1.29, 1.82) is 0 Å². The molecule has 0 spiro atoms. The average Bonchev–Trinajstić information content (AvgIpc) is 3.41. The van der Waals surface area contributed by atoms with Gasteiger partial charge in [-0.3, -0.25) is 4.57 Å². The Bertz CT molecular complexity index is 1790. The third kappa shape index (κ3) is 4.84. The van der Waals surface area contributed by atoms with Crippen molar-refractivity contribution in [2.45, 2.75) is 117 Å². The number of fused-ring (bicyclic) bond motifs is 5. The van der Waals surface area contributed by atoms with Crippen LogP contribution in [0.3, 0.4) is 0 Å². The first kappa shape index (κ1) is 31.5. The molecule has 1 atom stereocenters. The van der Waals surface area contributed by atoms with E-state index in [1.165, 1.54) is 6.07 Å². The molecule has 46 heavy (non-hydrogen) atoms. The van der Waals surface area contributed by atoms with Crippen LogP contribution in [0.5, 0.6) is 5.75 Å². The molecule has 11 heteroatoms. The normalized spacial score (nSPS) is 23.5. The molecule has 0 radical (unpaired) electrons. The lowest BCUT2D eigenvalue weighted by molar-refractivity contribution is 0.00578. The Kier molecular flexibility index (Phi) is 7.15. The van der Waals surface area contributed by atoms with Gasteiger partial charge >= 0.3 is 14.2 Å². The SMILES string of the molecule is CC.CC1(C)OB(c2cc(F)c3c(c2)OC(c2cnc(C4CC4)o2)n2c-3cc3cc(B4OC(C)(C)C(C)(C)O4)ccc32)OC1(C)C. The fourth-order valence-electron chi connectivity index (χ4n) is 6.18. The Balaban J connectivity index is 0.00000166. The van der Waals surface area contributed by atoms with Crippen molar-refractivity contribution in [2.75, 3.05) is 0 Å². The van der Waals surface area contributed by atoms with Crippen molar-refractivity contribution in [3.63, 3.8) is 0 Å². The molecule has 5 heterocycles. The fourth-order valence-corrected chi connectivity index (χ4v) is 6.18. The molecule has 242 valence electrons. The summed E-state index contributed by atoms with van der Waals surface area (Å²) in [6, 6.07) is 11.4. The zero-order valence-corrected chi connectivity index (χ0v) is 28.5. The molecular weight excluding hydrogens is 585 g/mol. The molecule has 3 fully saturated rings. The van der Waals surface area contributed by atoms with Crippen molar-refractivity contribution in [3.05, 3.63) is 60.1 Å². The Morgan fingerprint density at radius 2 is 1.37 bits per heavy atom. The predicted molar refractivity (Wildman–Crippen MR) is 177 cm³/mol. The van der Waals surface area contributed by atoms with Gasteiger partial charge in [0, 0.05) is 11.3 Å². The quantitative estimate of drug-likeness (QED) is 0.228. The maximum absolute atomic E-state index is 16.2. The molecule has 1 unspecified atom stereocenters. The number of rotatable bonds is 4. The summed E-state index contributed by atoms with van der Waals surface area (Å²) in [7, 11) is -1.25. The summed E-state index contributed by atoms with van der Waals surface area (Å²) in [6.45, 7) is 20.1. The molecule has 2 aromatic heterocycles. The van der Waals surface area contributed by atoms with Crippen molar-refractivity contribution >= 4 is 36.1 Å². The van der Waals surface area contributed by atoms with Gasteiger partial charge in [0.1, 0.15) is 11.6 Å². The smallest absolute Gasteiger partial charge is 0.462 e. The number of hydrogen-bond acceptors (Lipinski definition) is 7. The number of oxazole rings is 1. The minimum atomic E-state index is -0.733. The van der Waals surface area contributed by atoms with Crippen LogP contribution < -0.4 is 15.7 Å². The van der Waals surface area contributed by atoms with Gasteiger partial charge < -0.3 is 27.8 Å². The third-order valence-electron chi connectivity index (χ3n) is 10.4. The van der Waals surface area contributed by atoms with E-state index in [0.717, 1.165) is 29.2 Å². The van der Waals surface area contributed by atoms with Crippen LogP contribution in [0.4, 0.5) is 4.39 Å². The van der Waals surface area contributed by atoms with Crippen LogP contribution in [0.2, 0.25) is 0 Å². The van der Waals surface area contributed by atoms with E-state index in [0.29, 0.717) is 40.0 Å². The van der Waals surface area contributed by atoms with Crippen molar-refractivity contribution in [1.82, 2.24) is 9.55 Å². The number of halogens is 1. The molecule has 0 N–H and O–H groups in total. The predicted octanol–water partition coefficient (Wildman–Crippen LogP) is 6.88. The monoisotopic (exact) mass is 628 g/mol. The second kappa shape index (κ2) is 10.4. The molecule has 8 nitrogen and oxygen atoms in total. The van der Waals surface area contributed by atoms with Gasteiger partial charge in [-0.15, -0.1) is 0 Å². The van der Waals surface area contributed by atoms with Crippen molar-refractivity contribution < 1.29 is 32.2 Å². The minimum Gasteiger partial charge on any atom is -0.462 e. The topological polar surface area (TPSA) is 77.1 Å². The second-order valence-electron chi connectivity index (χ2n) is 14.6. The minimum absolute atomic E-state index is 0.343. The lowest BCUT2D eigenvalue weighted by Gasteiger charge is -2.32. The van der Waals surface area contributed by atoms with E-state index in [2.05, 4.69) is 4.98 Å². The van der Waals surface area contributed by atoms with Gasteiger partial charge in [-0.05, 0) is 103 Å². The summed E-state index contributed by atoms with van der Waals surface area (Å²) in [6.07, 6.45) is 3.17. The highest BCUT2D eigenvalue weighted by molar-refractivity contribution is 6.62. The van der Waals surface area contributed by atoms with Crippen LogP contribution in [0, 0.1) is 5.82 Å². The maximum Gasteiger partial charge on any atom is 0.495 e. The van der Waals surface area contributed by atoms with Gasteiger partial charge in [-0.1, -0.05) is 26.0 Å². The standard InChI is InChI=1S/C33H37B2FN2O6.C2H6/c1-30(2)31(3,4)42-34(41-30)20-11-12-23-19(13-20)14-24-27-22(36)15-21(35-43-32(5,6)33(7,8)44-35)16-25(27)40-29(38(23)24)26-17-37-28(39-26)18-9-10-18;1-2/h11-18,29H,9-10H2,1-8H3;1-2H3. The van der Waals surface area contributed by atoms with E-state index in [1.54, 1.807) is 6.20 Å². The lowest BCUT2D eigenvalue weighted by Crippen LogP contribution is -2.41. The molecule has 1 aliphatic carbocycles. The number of ether oxygens (including phenoxy) is 1. The summed E-state index contributed by atoms with van der Waals surface area (Å²) < 4.78 is 56.3. The molecular formula is C35H43B2FN2O6. The summed E-state index contributed by atoms with van der Waals surface area (Å²) in [4.78, 5) is 4.56. The highest BCUT2D eigenvalue weighted by atomic mass is 19.1. The Morgan fingerprint density at radius 3 is 1.96 bits per heavy atom. The molecule has 4 aromatic rings. The van der Waals surface area contributed by atoms with E-state index < -0.39 is 48.7 Å². The van der Waals surface area contributed by atoms with Gasteiger partial charge in [-0.25, -0.2) is 9.37 Å². The number of hydrogen-bond donors (Lipinski definition) is 0. The van der Waals surface area contributed by atoms with Crippen LogP contribution in [0.1, 0.15) is 106 Å². The fraction of sp³-hybridized carbons (Fsp3) is 0.514. The second-order valence-corrected chi connectivity index (χ2v) is 14.6. The van der Waals surface area contributed by atoms with Crippen LogP contribution >= 0.6 is 0 Å². The van der Waals surface area contributed by atoms with Crippen molar-refractivity contribution in [3.8, 4) is 17.0 Å². The van der Waals surface area contributed by atoms with E-state index >= 15 is 4.39 Å². The Labute approximate surface area is 271 Å². The van der Waals surface area contributed by atoms with Crippen LogP contribution in [-0.2, 0) is 18.6 Å². The molecule has 2 saturated heterocycles. The molecule has 3 aliphatic heterocycles. The molecule has 2 aromatic carbocycles. The first-order valence-corrected chi connectivity index (χ1v) is 16.5. The van der Waals surface area contributed by atoms with Gasteiger partial charge in [0.2, 0.25) is 6.23 Å². The summed E-state index contributed by atoms with van der Waals surface area (Å²) in [5.74, 6) is 1.60. The molecule has 0 amide bonds. The highest BCUT2D eigenvalue weighted by Crippen LogP contribution is 2.47. The van der Waals surface area contributed by atoms with E-state index in [4.69, 9.17) is 27.8 Å². The first-order chi connectivity index (χ1) is 21.6. The zero-order chi connectivity index (χ0) is 33.0. The van der Waals surface area contributed by atoms with Gasteiger partial charge in [0.05, 0.1) is 45.4 Å². The first-order valence-electron chi connectivity index (χ1n) is 16.5. The number of benzene rings is 2. The van der Waals surface area contributed by atoms with Gasteiger partial charge in [-0.2, -0.15) is 0 Å². The molecule has 8 rings (SSSR count). The van der Waals surface area contributed by atoms with Gasteiger partial charge in [0.15, 0.2) is 11.7 Å². The molecule has 1 saturated carbocycles. The van der Waals surface area contributed by atoms with E-state index in [-0.39, 0.29) is 0 Å². The summed E-state index contributed by atoms with van der Waals surface area (Å²) in [5.41, 5.74) is 1.32. The van der Waals surface area contributed by atoms with E-state index in [9.17, 15) is 0 Å². The lowest BCUT2D eigenvalue weighted by atomic mass is 9.78. The highest BCUT2D eigenvalue weighted by Gasteiger charge is 2.53. The van der Waals surface area contributed by atoms with E-state index in [1.807, 2.05) is 104 Å². The molecule has 4 aliphatic rings. The Hall–Kier alpha value is -3.11. The largest absolute Gasteiger partial charge is 0.495 e. The number of nitrogens with zero attached hydrogens (tertiary/aromatic N) is 2. The maximum atomic E-state index is 16.2. The Morgan fingerprint density at radius 1 is 0.783 bits per heavy atom. The average molecular weight is 628 g/mol.